The lowest BCUT2D eigenvalue weighted by atomic mass is 10.1. The van der Waals surface area contributed by atoms with Crippen molar-refractivity contribution in [3.63, 3.8) is 0 Å². The highest BCUT2D eigenvalue weighted by Crippen LogP contribution is 2.29. The summed E-state index contributed by atoms with van der Waals surface area (Å²) in [4.78, 5) is 11.5. The van der Waals surface area contributed by atoms with Gasteiger partial charge in [-0.3, -0.25) is 4.79 Å². The van der Waals surface area contributed by atoms with Crippen molar-refractivity contribution >= 4 is 5.78 Å². The third-order valence-electron chi connectivity index (χ3n) is 2.21. The first-order valence-corrected chi connectivity index (χ1v) is 5.23. The van der Waals surface area contributed by atoms with Crippen LogP contribution in [0.15, 0.2) is 24.3 Å². The number of Topliss-reactive ketones (excluding diaryl/α,β-unsaturated/α-hetero) is 1. The van der Waals surface area contributed by atoms with Gasteiger partial charge in [-0.15, -0.1) is 0 Å². The van der Waals surface area contributed by atoms with Gasteiger partial charge in [-0.05, 0) is 19.1 Å². The zero-order valence-corrected chi connectivity index (χ0v) is 9.38. The fourth-order valence-corrected chi connectivity index (χ4v) is 1.30. The number of hydrogen-bond donors (Lipinski definition) is 0. The molecule has 0 saturated carbocycles. The second kappa shape index (κ2) is 5.82. The molecule has 0 radical (unpaired) electrons. The third kappa shape index (κ3) is 4.19. The van der Waals surface area contributed by atoms with Crippen molar-refractivity contribution in [1.29, 1.82) is 0 Å². The molecule has 0 N–H and O–H groups in total. The normalized spacial score (nSPS) is 11.5. The Balaban J connectivity index is 2.64. The molecule has 0 bridgehead atoms. The van der Waals surface area contributed by atoms with Crippen LogP contribution in [0.5, 0.6) is 0 Å². The smallest absolute Gasteiger partial charge is 0.381 e. The molecular formula is C12H13F3O2. The van der Waals surface area contributed by atoms with Gasteiger partial charge in [0.05, 0.1) is 12.2 Å². The predicted octanol–water partition coefficient (Wildman–Crippen LogP) is 3.31. The zero-order chi connectivity index (χ0) is 12.9. The summed E-state index contributed by atoms with van der Waals surface area (Å²) in [6.07, 6.45) is -4.19. The van der Waals surface area contributed by atoms with E-state index in [-0.39, 0.29) is 24.4 Å². The zero-order valence-electron chi connectivity index (χ0n) is 9.38. The SMILES string of the molecule is CCOCCC(=O)c1ccc(C(F)(F)F)cc1. The third-order valence-corrected chi connectivity index (χ3v) is 2.21. The largest absolute Gasteiger partial charge is 0.416 e. The van der Waals surface area contributed by atoms with Gasteiger partial charge in [-0.1, -0.05) is 12.1 Å². The van der Waals surface area contributed by atoms with Gasteiger partial charge in [-0.2, -0.15) is 13.2 Å². The molecule has 1 aromatic rings. The summed E-state index contributed by atoms with van der Waals surface area (Å²) < 4.78 is 41.8. The summed E-state index contributed by atoms with van der Waals surface area (Å²) in [7, 11) is 0. The molecule has 0 atom stereocenters. The maximum absolute atomic E-state index is 12.3. The van der Waals surface area contributed by atoms with Crippen LogP contribution in [0, 0.1) is 0 Å². The van der Waals surface area contributed by atoms with Gasteiger partial charge in [-0.25, -0.2) is 0 Å². The van der Waals surface area contributed by atoms with Gasteiger partial charge >= 0.3 is 6.18 Å². The van der Waals surface area contributed by atoms with E-state index >= 15 is 0 Å². The summed E-state index contributed by atoms with van der Waals surface area (Å²) >= 11 is 0. The van der Waals surface area contributed by atoms with E-state index in [0.29, 0.717) is 6.61 Å². The molecule has 1 rings (SSSR count). The molecule has 17 heavy (non-hydrogen) atoms. The molecule has 0 unspecified atom stereocenters. The molecule has 0 aliphatic heterocycles. The Morgan fingerprint density at radius 3 is 2.29 bits per heavy atom. The van der Waals surface area contributed by atoms with Gasteiger partial charge in [0.25, 0.3) is 0 Å². The Morgan fingerprint density at radius 1 is 1.24 bits per heavy atom. The highest BCUT2D eigenvalue weighted by molar-refractivity contribution is 5.96. The molecule has 0 saturated heterocycles. The van der Waals surface area contributed by atoms with Crippen LogP contribution >= 0.6 is 0 Å². The molecule has 0 aliphatic rings. The Bertz CT molecular complexity index is 368. The molecule has 94 valence electrons. The van der Waals surface area contributed by atoms with Crippen molar-refractivity contribution in [2.75, 3.05) is 13.2 Å². The van der Waals surface area contributed by atoms with Crippen molar-refractivity contribution in [1.82, 2.24) is 0 Å². The van der Waals surface area contributed by atoms with Crippen molar-refractivity contribution in [3.05, 3.63) is 35.4 Å². The van der Waals surface area contributed by atoms with Crippen LogP contribution in [0.1, 0.15) is 29.3 Å². The number of benzene rings is 1. The average Bonchev–Trinajstić information content (AvgIpc) is 2.28. The first-order chi connectivity index (χ1) is 7.95. The molecule has 0 heterocycles. The maximum Gasteiger partial charge on any atom is 0.416 e. The molecule has 0 fully saturated rings. The summed E-state index contributed by atoms with van der Waals surface area (Å²) in [6.45, 7) is 2.61. The van der Waals surface area contributed by atoms with Crippen molar-refractivity contribution in [3.8, 4) is 0 Å². The predicted molar refractivity (Wildman–Crippen MR) is 56.9 cm³/mol. The monoisotopic (exact) mass is 246 g/mol. The molecule has 0 amide bonds. The van der Waals surface area contributed by atoms with Crippen molar-refractivity contribution in [2.45, 2.75) is 19.5 Å². The van der Waals surface area contributed by atoms with Crippen LogP contribution < -0.4 is 0 Å². The standard InChI is InChI=1S/C12H13F3O2/c1-2-17-8-7-11(16)9-3-5-10(6-4-9)12(13,14)15/h3-6H,2,7-8H2,1H3. The van der Waals surface area contributed by atoms with Gasteiger partial charge in [0.2, 0.25) is 0 Å². The number of ketones is 1. The minimum absolute atomic E-state index is 0.180. The molecule has 0 aliphatic carbocycles. The van der Waals surface area contributed by atoms with Gasteiger partial charge in [0.15, 0.2) is 5.78 Å². The number of halogens is 3. The lowest BCUT2D eigenvalue weighted by Gasteiger charge is -2.07. The molecule has 5 heteroatoms. The minimum Gasteiger partial charge on any atom is -0.381 e. The molecule has 0 spiro atoms. The van der Waals surface area contributed by atoms with E-state index in [4.69, 9.17) is 4.74 Å². The molecule has 1 aromatic carbocycles. The second-order valence-corrected chi connectivity index (χ2v) is 3.45. The number of carbonyl (C=O) groups excluding carboxylic acids is 1. The number of hydrogen-bond acceptors (Lipinski definition) is 2. The quantitative estimate of drug-likeness (QED) is 0.588. The minimum atomic E-state index is -4.37. The van der Waals surface area contributed by atoms with Gasteiger partial charge < -0.3 is 4.74 Å². The van der Waals surface area contributed by atoms with Crippen LogP contribution in [0.2, 0.25) is 0 Å². The summed E-state index contributed by atoms with van der Waals surface area (Å²) in [5.74, 6) is -0.216. The maximum atomic E-state index is 12.3. The van der Waals surface area contributed by atoms with E-state index in [1.165, 1.54) is 12.1 Å². The number of rotatable bonds is 5. The Kier molecular flexibility index (Phi) is 4.69. The van der Waals surface area contributed by atoms with E-state index in [0.717, 1.165) is 12.1 Å². The second-order valence-electron chi connectivity index (χ2n) is 3.45. The highest BCUT2D eigenvalue weighted by Gasteiger charge is 2.30. The topological polar surface area (TPSA) is 26.3 Å². The van der Waals surface area contributed by atoms with Crippen LogP contribution in [-0.4, -0.2) is 19.0 Å². The fourth-order valence-electron chi connectivity index (χ4n) is 1.30. The van der Waals surface area contributed by atoms with Crippen LogP contribution in [0.3, 0.4) is 0 Å². The van der Waals surface area contributed by atoms with Crippen molar-refractivity contribution < 1.29 is 22.7 Å². The number of ether oxygens (including phenoxy) is 1. The average molecular weight is 246 g/mol. The van der Waals surface area contributed by atoms with Crippen molar-refractivity contribution in [2.24, 2.45) is 0 Å². The van der Waals surface area contributed by atoms with E-state index in [2.05, 4.69) is 0 Å². The first-order valence-electron chi connectivity index (χ1n) is 5.23. The number of alkyl halides is 3. The molecular weight excluding hydrogens is 233 g/mol. The summed E-state index contributed by atoms with van der Waals surface area (Å²) in [5, 5.41) is 0. The van der Waals surface area contributed by atoms with Crippen LogP contribution in [0.4, 0.5) is 13.2 Å². The fraction of sp³-hybridized carbons (Fsp3) is 0.417. The number of carbonyl (C=O) groups is 1. The lowest BCUT2D eigenvalue weighted by molar-refractivity contribution is -0.137. The summed E-state index contributed by atoms with van der Waals surface area (Å²) in [6, 6.07) is 4.20. The van der Waals surface area contributed by atoms with E-state index in [1.807, 2.05) is 6.92 Å². The Morgan fingerprint density at radius 2 is 1.82 bits per heavy atom. The summed E-state index contributed by atoms with van der Waals surface area (Å²) in [5.41, 5.74) is -0.475. The lowest BCUT2D eigenvalue weighted by Crippen LogP contribution is -2.07. The van der Waals surface area contributed by atoms with E-state index in [9.17, 15) is 18.0 Å². The van der Waals surface area contributed by atoms with Crippen LogP contribution in [-0.2, 0) is 10.9 Å². The molecule has 0 aromatic heterocycles. The molecule has 2 nitrogen and oxygen atoms in total. The highest BCUT2D eigenvalue weighted by atomic mass is 19.4. The van der Waals surface area contributed by atoms with Gasteiger partial charge in [0.1, 0.15) is 0 Å². The Hall–Kier alpha value is -1.36. The first kappa shape index (κ1) is 13.7. The van der Waals surface area contributed by atoms with E-state index in [1.54, 1.807) is 0 Å². The Labute approximate surface area is 97.4 Å². The van der Waals surface area contributed by atoms with Gasteiger partial charge in [0, 0.05) is 18.6 Å². The van der Waals surface area contributed by atoms with E-state index < -0.39 is 11.7 Å². The van der Waals surface area contributed by atoms with Crippen LogP contribution in [0.25, 0.3) is 0 Å².